The Morgan fingerprint density at radius 2 is 2.36 bits per heavy atom. The summed E-state index contributed by atoms with van der Waals surface area (Å²) in [6, 6.07) is 7.07. The van der Waals surface area contributed by atoms with E-state index < -0.39 is 0 Å². The summed E-state index contributed by atoms with van der Waals surface area (Å²) in [6.07, 6.45) is 4.21. The van der Waals surface area contributed by atoms with Crippen molar-refractivity contribution in [2.75, 3.05) is 13.2 Å². The number of benzene rings is 1. The molecule has 0 unspecified atom stereocenters. The summed E-state index contributed by atoms with van der Waals surface area (Å²) in [5.41, 5.74) is 0.939. The largest absolute Gasteiger partial charge is 0.491 e. The van der Waals surface area contributed by atoms with Crippen LogP contribution in [0, 0.1) is 0 Å². The standard InChI is InChI=1S/C16H18ClN3O2/c1-2-14(20-7-3-6-18-20)16(21)19-8-9-22-15-5-4-13(17)10-12(15)11-19/h3-7,10,14H,2,8-9,11H2,1H3/t14-/m1/s1. The van der Waals surface area contributed by atoms with Crippen LogP contribution >= 0.6 is 11.6 Å². The van der Waals surface area contributed by atoms with E-state index in [2.05, 4.69) is 5.10 Å². The first-order chi connectivity index (χ1) is 10.7. The third-order valence-corrected chi connectivity index (χ3v) is 4.07. The second kappa shape index (κ2) is 6.40. The number of nitrogens with zero attached hydrogens (tertiary/aromatic N) is 3. The van der Waals surface area contributed by atoms with Crippen molar-refractivity contribution in [2.24, 2.45) is 0 Å². The minimum absolute atomic E-state index is 0.0580. The van der Waals surface area contributed by atoms with Gasteiger partial charge in [0.1, 0.15) is 18.4 Å². The predicted octanol–water partition coefficient (Wildman–Crippen LogP) is 2.91. The molecule has 0 spiro atoms. The summed E-state index contributed by atoms with van der Waals surface area (Å²) < 4.78 is 7.43. The predicted molar refractivity (Wildman–Crippen MR) is 83.9 cm³/mol. The van der Waals surface area contributed by atoms with Gasteiger partial charge in [-0.1, -0.05) is 18.5 Å². The maximum atomic E-state index is 12.9. The first-order valence-electron chi connectivity index (χ1n) is 7.38. The van der Waals surface area contributed by atoms with Gasteiger partial charge in [-0.15, -0.1) is 0 Å². The molecule has 0 aliphatic carbocycles. The average Bonchev–Trinajstić information content (AvgIpc) is 2.94. The molecule has 5 nitrogen and oxygen atoms in total. The third-order valence-electron chi connectivity index (χ3n) is 3.83. The summed E-state index contributed by atoms with van der Waals surface area (Å²) in [5.74, 6) is 0.856. The second-order valence-electron chi connectivity index (χ2n) is 5.27. The van der Waals surface area contributed by atoms with E-state index in [1.54, 1.807) is 16.9 Å². The fraction of sp³-hybridized carbons (Fsp3) is 0.375. The minimum Gasteiger partial charge on any atom is -0.491 e. The van der Waals surface area contributed by atoms with Gasteiger partial charge in [-0.2, -0.15) is 5.10 Å². The van der Waals surface area contributed by atoms with Crippen LogP contribution in [0.25, 0.3) is 0 Å². The molecule has 0 N–H and O–H groups in total. The Balaban J connectivity index is 1.83. The highest BCUT2D eigenvalue weighted by atomic mass is 35.5. The molecule has 1 aliphatic rings. The van der Waals surface area contributed by atoms with E-state index in [-0.39, 0.29) is 11.9 Å². The lowest BCUT2D eigenvalue weighted by Crippen LogP contribution is -2.38. The molecule has 2 heterocycles. The Kier molecular flexibility index (Phi) is 4.34. The van der Waals surface area contributed by atoms with Gasteiger partial charge in [0, 0.05) is 29.5 Å². The zero-order chi connectivity index (χ0) is 15.5. The van der Waals surface area contributed by atoms with E-state index in [9.17, 15) is 4.79 Å². The van der Waals surface area contributed by atoms with Gasteiger partial charge in [0.15, 0.2) is 0 Å². The van der Waals surface area contributed by atoms with Gasteiger partial charge < -0.3 is 9.64 Å². The van der Waals surface area contributed by atoms with Crippen molar-refractivity contribution in [3.63, 3.8) is 0 Å². The monoisotopic (exact) mass is 319 g/mol. The van der Waals surface area contributed by atoms with Crippen molar-refractivity contribution in [2.45, 2.75) is 25.9 Å². The Hall–Kier alpha value is -2.01. The summed E-state index contributed by atoms with van der Waals surface area (Å²) in [6.45, 7) is 3.54. The van der Waals surface area contributed by atoms with Crippen LogP contribution < -0.4 is 4.74 Å². The molecule has 1 aromatic heterocycles. The summed E-state index contributed by atoms with van der Waals surface area (Å²) in [7, 11) is 0. The zero-order valence-corrected chi connectivity index (χ0v) is 13.2. The Bertz CT molecular complexity index is 657. The van der Waals surface area contributed by atoms with Crippen molar-refractivity contribution in [3.05, 3.63) is 47.2 Å². The van der Waals surface area contributed by atoms with Crippen LogP contribution in [0.2, 0.25) is 5.02 Å². The van der Waals surface area contributed by atoms with E-state index in [4.69, 9.17) is 16.3 Å². The van der Waals surface area contributed by atoms with Crippen LogP contribution in [0.1, 0.15) is 24.9 Å². The van der Waals surface area contributed by atoms with Gasteiger partial charge in [-0.25, -0.2) is 0 Å². The van der Waals surface area contributed by atoms with Gasteiger partial charge in [0.25, 0.3) is 0 Å². The van der Waals surface area contributed by atoms with E-state index in [1.807, 2.05) is 36.2 Å². The second-order valence-corrected chi connectivity index (χ2v) is 5.71. The fourth-order valence-electron chi connectivity index (χ4n) is 2.70. The van der Waals surface area contributed by atoms with Crippen LogP contribution in [0.15, 0.2) is 36.7 Å². The molecule has 0 saturated heterocycles. The number of carbonyl (C=O) groups excluding carboxylic acids is 1. The van der Waals surface area contributed by atoms with Crippen LogP contribution in [0.3, 0.4) is 0 Å². The molecule has 1 aliphatic heterocycles. The average molecular weight is 320 g/mol. The number of halogens is 1. The molecule has 3 rings (SSSR count). The van der Waals surface area contributed by atoms with Gasteiger partial charge in [0.05, 0.1) is 6.54 Å². The highest BCUT2D eigenvalue weighted by molar-refractivity contribution is 6.30. The van der Waals surface area contributed by atoms with Crippen LogP contribution in [0.5, 0.6) is 5.75 Å². The third kappa shape index (κ3) is 2.95. The highest BCUT2D eigenvalue weighted by Gasteiger charge is 2.27. The Morgan fingerprint density at radius 1 is 1.50 bits per heavy atom. The number of hydrogen-bond acceptors (Lipinski definition) is 3. The van der Waals surface area contributed by atoms with Crippen molar-refractivity contribution in [1.82, 2.24) is 14.7 Å². The number of fused-ring (bicyclic) bond motifs is 1. The summed E-state index contributed by atoms with van der Waals surface area (Å²) >= 11 is 6.06. The van der Waals surface area contributed by atoms with Crippen molar-refractivity contribution >= 4 is 17.5 Å². The molecule has 0 fully saturated rings. The summed E-state index contributed by atoms with van der Waals surface area (Å²) in [5, 5.41) is 4.85. The lowest BCUT2D eigenvalue weighted by molar-refractivity contribution is -0.136. The molecule has 2 aromatic rings. The maximum Gasteiger partial charge on any atom is 0.247 e. The van der Waals surface area contributed by atoms with E-state index in [0.717, 1.165) is 11.3 Å². The SMILES string of the molecule is CC[C@H](C(=O)N1CCOc2ccc(Cl)cc2C1)n1cccn1. The first-order valence-corrected chi connectivity index (χ1v) is 7.76. The molecule has 0 bridgehead atoms. The number of amides is 1. The summed E-state index contributed by atoms with van der Waals surface area (Å²) in [4.78, 5) is 14.7. The van der Waals surface area contributed by atoms with Crippen LogP contribution in [-0.2, 0) is 11.3 Å². The highest BCUT2D eigenvalue weighted by Crippen LogP contribution is 2.27. The molecule has 1 atom stereocenters. The number of aromatic nitrogens is 2. The van der Waals surface area contributed by atoms with Crippen molar-refractivity contribution in [1.29, 1.82) is 0 Å². The molecule has 0 radical (unpaired) electrons. The number of rotatable bonds is 3. The molecule has 1 amide bonds. The van der Waals surface area contributed by atoms with Crippen molar-refractivity contribution < 1.29 is 9.53 Å². The van der Waals surface area contributed by atoms with Crippen molar-refractivity contribution in [3.8, 4) is 5.75 Å². The van der Waals surface area contributed by atoms with Crippen LogP contribution in [0.4, 0.5) is 0 Å². The molecule has 1 aromatic carbocycles. The lowest BCUT2D eigenvalue weighted by Gasteiger charge is -2.25. The maximum absolute atomic E-state index is 12.9. The van der Waals surface area contributed by atoms with E-state index in [1.165, 1.54) is 0 Å². The molecule has 6 heteroatoms. The number of ether oxygens (including phenoxy) is 1. The Morgan fingerprint density at radius 3 is 3.09 bits per heavy atom. The van der Waals surface area contributed by atoms with Gasteiger partial charge in [0.2, 0.25) is 5.91 Å². The lowest BCUT2D eigenvalue weighted by atomic mass is 10.1. The van der Waals surface area contributed by atoms with Gasteiger partial charge in [-0.3, -0.25) is 9.48 Å². The van der Waals surface area contributed by atoms with Gasteiger partial charge >= 0.3 is 0 Å². The fourth-order valence-corrected chi connectivity index (χ4v) is 2.90. The van der Waals surface area contributed by atoms with E-state index in [0.29, 0.717) is 31.1 Å². The van der Waals surface area contributed by atoms with Gasteiger partial charge in [-0.05, 0) is 30.7 Å². The molecule has 116 valence electrons. The number of hydrogen-bond donors (Lipinski definition) is 0. The molecule has 22 heavy (non-hydrogen) atoms. The molecule has 0 saturated carbocycles. The minimum atomic E-state index is -0.282. The zero-order valence-electron chi connectivity index (χ0n) is 12.4. The molecular formula is C16H18ClN3O2. The van der Waals surface area contributed by atoms with Crippen LogP contribution in [-0.4, -0.2) is 33.7 Å². The van der Waals surface area contributed by atoms with E-state index >= 15 is 0 Å². The first kappa shape index (κ1) is 14.9. The molecular weight excluding hydrogens is 302 g/mol. The topological polar surface area (TPSA) is 47.4 Å². The normalized spacial score (nSPS) is 15.6. The smallest absolute Gasteiger partial charge is 0.247 e. The Labute approximate surface area is 134 Å². The number of carbonyl (C=O) groups is 1. The quantitative estimate of drug-likeness (QED) is 0.874.